The second kappa shape index (κ2) is 10.6. The second-order valence-corrected chi connectivity index (χ2v) is 18.1. The van der Waals surface area contributed by atoms with Crippen molar-refractivity contribution in [1.82, 2.24) is 10.2 Å². The van der Waals surface area contributed by atoms with Crippen LogP contribution in [0.2, 0.25) is 10.3 Å². The predicted octanol–water partition coefficient (Wildman–Crippen LogP) is 3.97. The van der Waals surface area contributed by atoms with Crippen LogP contribution in [0.25, 0.3) is 0 Å². The minimum atomic E-state index is -4.04. The van der Waals surface area contributed by atoms with E-state index < -0.39 is 56.5 Å². The summed E-state index contributed by atoms with van der Waals surface area (Å²) >= 11 is 11.9. The fraction of sp³-hybridized carbons (Fsp3) is 0.619. The summed E-state index contributed by atoms with van der Waals surface area (Å²) < 4.78 is 69.9. The highest BCUT2D eigenvalue weighted by molar-refractivity contribution is 8.04. The van der Waals surface area contributed by atoms with Crippen LogP contribution in [0.3, 0.4) is 0 Å². The van der Waals surface area contributed by atoms with Crippen molar-refractivity contribution in [3.05, 3.63) is 47.2 Å². The number of halogens is 2. The number of thiol groups is 1. The van der Waals surface area contributed by atoms with Crippen LogP contribution in [0.4, 0.5) is 0 Å². The highest BCUT2D eigenvalue weighted by atomic mass is 35.5. The molecule has 1 heterocycles. The summed E-state index contributed by atoms with van der Waals surface area (Å²) in [6, 6.07) is 1.33. The Hall–Kier alpha value is -0.850. The largest absolute Gasteiger partial charge is 0.282 e. The van der Waals surface area contributed by atoms with Crippen LogP contribution in [0, 0.1) is 5.41 Å². The van der Waals surface area contributed by atoms with Crippen molar-refractivity contribution in [3.8, 4) is 0 Å². The summed E-state index contributed by atoms with van der Waals surface area (Å²) in [6.07, 6.45) is 2.60. The van der Waals surface area contributed by atoms with Crippen molar-refractivity contribution in [1.29, 1.82) is 0 Å². The fourth-order valence-corrected chi connectivity index (χ4v) is 10.7. The molecule has 0 spiro atoms. The Labute approximate surface area is 214 Å². The van der Waals surface area contributed by atoms with E-state index in [4.69, 9.17) is 27.4 Å². The van der Waals surface area contributed by atoms with Crippen LogP contribution >= 0.6 is 23.2 Å². The first-order valence-electron chi connectivity index (χ1n) is 10.3. The van der Waals surface area contributed by atoms with E-state index in [1.807, 2.05) is 0 Å². The van der Waals surface area contributed by atoms with E-state index in [2.05, 4.69) is 23.4 Å². The summed E-state index contributed by atoms with van der Waals surface area (Å²) in [5.74, 6) is -1.08. The molecule has 34 heavy (non-hydrogen) atoms. The lowest BCUT2D eigenvalue weighted by atomic mass is 9.82. The molecule has 0 amide bonds. The average molecular weight is 578 g/mol. The van der Waals surface area contributed by atoms with Crippen molar-refractivity contribution in [2.24, 2.45) is 5.41 Å². The topological polar surface area (TPSA) is 120 Å². The lowest BCUT2D eigenvalue weighted by Crippen LogP contribution is -2.56. The van der Waals surface area contributed by atoms with Gasteiger partial charge in [0, 0.05) is 17.1 Å². The van der Waals surface area contributed by atoms with E-state index in [0.29, 0.717) is 0 Å². The molecule has 0 N–H and O–H groups in total. The second-order valence-electron chi connectivity index (χ2n) is 9.70. The van der Waals surface area contributed by atoms with E-state index in [-0.39, 0.29) is 27.4 Å². The standard InChI is InChI=1S/C21H34Cl2N2O6S3/c1-9-11-32(26,21(7,8)31-34(29,30)12-10-2)15-19(3,4)20(5,6)33(27,28)14-16-13-17(22)24-25-18(16)23/h9-10,13,32H,1-2,11-12,14-15H2,3-8H3. The lowest BCUT2D eigenvalue weighted by Gasteiger charge is -2.47. The van der Waals surface area contributed by atoms with Crippen molar-refractivity contribution in [2.75, 3.05) is 17.3 Å². The molecule has 0 fully saturated rings. The monoisotopic (exact) mass is 576 g/mol. The highest BCUT2D eigenvalue weighted by Crippen LogP contribution is 2.44. The molecule has 8 nitrogen and oxygen atoms in total. The van der Waals surface area contributed by atoms with Crippen LogP contribution in [0.1, 0.15) is 47.1 Å². The Bertz CT molecular complexity index is 1190. The van der Waals surface area contributed by atoms with Crippen molar-refractivity contribution >= 4 is 53.1 Å². The van der Waals surface area contributed by atoms with Crippen LogP contribution < -0.4 is 0 Å². The lowest BCUT2D eigenvalue weighted by molar-refractivity contribution is 0.201. The highest BCUT2D eigenvalue weighted by Gasteiger charge is 2.52. The number of hydrogen-bond acceptors (Lipinski definition) is 8. The number of nitrogens with zero attached hydrogens (tertiary/aromatic N) is 2. The van der Waals surface area contributed by atoms with Gasteiger partial charge in [-0.25, -0.2) is 8.42 Å². The molecule has 0 atom stereocenters. The molecular formula is C21H34Cl2N2O6S3. The normalized spacial score (nSPS) is 14.6. The maximum atomic E-state index is 14.2. The maximum Gasteiger partial charge on any atom is 0.272 e. The van der Waals surface area contributed by atoms with Gasteiger partial charge < -0.3 is 0 Å². The van der Waals surface area contributed by atoms with Crippen LogP contribution in [-0.4, -0.2) is 58.2 Å². The van der Waals surface area contributed by atoms with Gasteiger partial charge in [0.15, 0.2) is 20.1 Å². The van der Waals surface area contributed by atoms with Gasteiger partial charge in [0.1, 0.15) is 4.93 Å². The van der Waals surface area contributed by atoms with Crippen LogP contribution in [0.15, 0.2) is 31.4 Å². The third kappa shape index (κ3) is 6.88. The van der Waals surface area contributed by atoms with E-state index in [9.17, 15) is 21.0 Å². The summed E-state index contributed by atoms with van der Waals surface area (Å²) in [6.45, 7) is 16.3. The Morgan fingerprint density at radius 1 is 1.03 bits per heavy atom. The molecule has 0 aliphatic heterocycles. The van der Waals surface area contributed by atoms with Crippen LogP contribution in [-0.2, 0) is 39.8 Å². The molecule has 0 aromatic carbocycles. The summed E-state index contributed by atoms with van der Waals surface area (Å²) in [7, 11) is -11.5. The number of hydrogen-bond donors (Lipinski definition) is 1. The first kappa shape index (κ1) is 31.2. The molecule has 0 saturated heterocycles. The minimum absolute atomic E-state index is 0.00165. The van der Waals surface area contributed by atoms with E-state index in [1.54, 1.807) is 13.8 Å². The van der Waals surface area contributed by atoms with Gasteiger partial charge in [0.05, 0.1) is 16.3 Å². The summed E-state index contributed by atoms with van der Waals surface area (Å²) in [5, 5.41) is 7.17. The van der Waals surface area contributed by atoms with Crippen molar-refractivity contribution in [3.63, 3.8) is 0 Å². The van der Waals surface area contributed by atoms with Gasteiger partial charge in [-0.3, -0.25) is 8.39 Å². The number of rotatable bonds is 13. The number of aromatic nitrogens is 2. The van der Waals surface area contributed by atoms with Gasteiger partial charge in [-0.15, -0.1) is 23.4 Å². The quantitative estimate of drug-likeness (QED) is 0.212. The van der Waals surface area contributed by atoms with Gasteiger partial charge in [-0.05, 0) is 39.2 Å². The minimum Gasteiger partial charge on any atom is -0.282 e. The van der Waals surface area contributed by atoms with Gasteiger partial charge in [-0.2, -0.15) is 8.42 Å². The number of sulfone groups is 1. The van der Waals surface area contributed by atoms with E-state index >= 15 is 0 Å². The van der Waals surface area contributed by atoms with Crippen molar-refractivity contribution in [2.45, 2.75) is 57.0 Å². The van der Waals surface area contributed by atoms with E-state index in [1.165, 1.54) is 45.9 Å². The molecular weight excluding hydrogens is 543 g/mol. The van der Waals surface area contributed by atoms with Gasteiger partial charge in [-0.1, -0.05) is 59.1 Å². The zero-order valence-electron chi connectivity index (χ0n) is 20.3. The molecule has 1 rings (SSSR count). The van der Waals surface area contributed by atoms with Gasteiger partial charge in [0.25, 0.3) is 10.1 Å². The third-order valence-corrected chi connectivity index (χ3v) is 15.2. The Morgan fingerprint density at radius 2 is 1.59 bits per heavy atom. The SMILES string of the molecule is C=CCS(=O)(=O)OC(C)(C)[SH](=O)(CC=C)CC(C)(C)C(C)(C)S(=O)(=O)Cc1cc(Cl)nnc1Cl. The Morgan fingerprint density at radius 3 is 2.09 bits per heavy atom. The van der Waals surface area contributed by atoms with Crippen LogP contribution in [0.5, 0.6) is 0 Å². The maximum absolute atomic E-state index is 14.2. The average Bonchev–Trinajstić information content (AvgIpc) is 2.62. The molecule has 13 heteroatoms. The summed E-state index contributed by atoms with van der Waals surface area (Å²) in [4.78, 5) is -1.61. The molecule has 0 aliphatic carbocycles. The Balaban J connectivity index is 3.45. The zero-order chi connectivity index (χ0) is 26.8. The zero-order valence-corrected chi connectivity index (χ0v) is 24.4. The first-order chi connectivity index (χ1) is 15.2. The predicted molar refractivity (Wildman–Crippen MR) is 141 cm³/mol. The third-order valence-electron chi connectivity index (χ3n) is 6.25. The molecule has 1 aromatic rings. The van der Waals surface area contributed by atoms with Gasteiger partial charge in [0.2, 0.25) is 0 Å². The molecule has 0 unspecified atom stereocenters. The molecule has 0 saturated carbocycles. The van der Waals surface area contributed by atoms with Crippen molar-refractivity contribution < 1.29 is 25.2 Å². The van der Waals surface area contributed by atoms with E-state index in [0.717, 1.165) is 0 Å². The molecule has 1 aromatic heterocycles. The molecule has 0 bridgehead atoms. The first-order valence-corrected chi connectivity index (χ1v) is 16.4. The smallest absolute Gasteiger partial charge is 0.272 e. The fourth-order valence-electron chi connectivity index (χ4n) is 3.36. The van der Waals surface area contributed by atoms with Gasteiger partial charge >= 0.3 is 0 Å². The molecule has 0 radical (unpaired) electrons. The molecule has 196 valence electrons. The molecule has 0 aliphatic rings. The Kier molecular flexibility index (Phi) is 9.76. The summed E-state index contributed by atoms with van der Waals surface area (Å²) in [5.41, 5.74) is -0.900.